The molecular weight excluding hydrogens is 410 g/mol. The number of aryl methyl sites for hydroxylation is 1. The fourth-order valence-electron chi connectivity index (χ4n) is 4.35. The first kappa shape index (κ1) is 21.8. The molecule has 0 unspecified atom stereocenters. The molecule has 1 aromatic carbocycles. The second-order valence-electron chi connectivity index (χ2n) is 10.2. The van der Waals surface area contributed by atoms with Gasteiger partial charge in [0.15, 0.2) is 8.32 Å². The number of benzene rings is 1. The summed E-state index contributed by atoms with van der Waals surface area (Å²) in [6.45, 7) is 13.0. The Hall–Kier alpha value is -2.45. The summed E-state index contributed by atoms with van der Waals surface area (Å²) in [5, 5.41) is 9.59. The average Bonchev–Trinajstić information content (AvgIpc) is 3.27. The lowest BCUT2D eigenvalue weighted by atomic mass is 10.0. The van der Waals surface area contributed by atoms with Gasteiger partial charge in [0.2, 0.25) is 0 Å². The van der Waals surface area contributed by atoms with E-state index in [-0.39, 0.29) is 28.2 Å². The van der Waals surface area contributed by atoms with Gasteiger partial charge in [-0.3, -0.25) is 9.20 Å². The van der Waals surface area contributed by atoms with E-state index in [4.69, 9.17) is 4.43 Å². The second kappa shape index (κ2) is 7.31. The van der Waals surface area contributed by atoms with Crippen LogP contribution in [0.3, 0.4) is 0 Å². The summed E-state index contributed by atoms with van der Waals surface area (Å²) in [7, 11) is -1.96. The van der Waals surface area contributed by atoms with Crippen molar-refractivity contribution in [3.63, 3.8) is 0 Å². The molecule has 3 aromatic rings. The molecule has 8 heteroatoms. The van der Waals surface area contributed by atoms with E-state index in [1.165, 1.54) is 6.07 Å². The Bertz CT molecular complexity index is 1240. The molecule has 2 atom stereocenters. The number of aromatic nitrogens is 3. The Balaban J connectivity index is 1.87. The van der Waals surface area contributed by atoms with Gasteiger partial charge in [0.25, 0.3) is 5.56 Å². The number of hydrogen-bond donors (Lipinski definition) is 2. The average molecular weight is 442 g/mol. The minimum Gasteiger partial charge on any atom is -0.478 e. The van der Waals surface area contributed by atoms with Gasteiger partial charge in [0.1, 0.15) is 11.3 Å². The van der Waals surface area contributed by atoms with Crippen molar-refractivity contribution in [3.8, 4) is 0 Å². The Labute approximate surface area is 182 Å². The molecule has 2 aromatic heterocycles. The molecule has 1 aliphatic carbocycles. The molecule has 166 valence electrons. The van der Waals surface area contributed by atoms with Gasteiger partial charge in [-0.25, -0.2) is 9.78 Å². The summed E-state index contributed by atoms with van der Waals surface area (Å²) >= 11 is 0. The lowest BCUT2D eigenvalue weighted by Crippen LogP contribution is -2.44. The van der Waals surface area contributed by atoms with E-state index >= 15 is 0 Å². The molecule has 31 heavy (non-hydrogen) atoms. The molecule has 4 rings (SSSR count). The fourth-order valence-corrected chi connectivity index (χ4v) is 5.75. The van der Waals surface area contributed by atoms with Crippen molar-refractivity contribution in [1.29, 1.82) is 0 Å². The van der Waals surface area contributed by atoms with Gasteiger partial charge in [-0.15, -0.1) is 0 Å². The van der Waals surface area contributed by atoms with Crippen LogP contribution in [0.4, 0.5) is 0 Å². The number of carboxylic acid groups (broad SMARTS) is 1. The van der Waals surface area contributed by atoms with Crippen LogP contribution in [0.25, 0.3) is 16.6 Å². The minimum absolute atomic E-state index is 0.0696. The molecular formula is C23H31N3O4Si. The maximum atomic E-state index is 12.7. The predicted octanol–water partition coefficient (Wildman–Crippen LogP) is 4.84. The number of H-pyrrole nitrogens is 1. The van der Waals surface area contributed by atoms with Crippen LogP contribution in [0.1, 0.15) is 67.7 Å². The number of nitrogens with one attached hydrogen (secondary N) is 1. The molecule has 7 nitrogen and oxygen atoms in total. The topological polar surface area (TPSA) is 96.7 Å². The molecule has 2 N–H and O–H groups in total. The number of nitrogens with zero attached hydrogens (tertiary/aromatic N) is 2. The van der Waals surface area contributed by atoms with E-state index in [2.05, 4.69) is 43.8 Å². The summed E-state index contributed by atoms with van der Waals surface area (Å²) in [6, 6.07) is 3.36. The van der Waals surface area contributed by atoms with E-state index in [0.717, 1.165) is 30.6 Å². The van der Waals surface area contributed by atoms with Crippen LogP contribution in [0.5, 0.6) is 0 Å². The van der Waals surface area contributed by atoms with E-state index in [1.807, 2.05) is 10.5 Å². The van der Waals surface area contributed by atoms with Crippen molar-refractivity contribution in [2.24, 2.45) is 0 Å². The van der Waals surface area contributed by atoms with Gasteiger partial charge >= 0.3 is 5.97 Å². The molecule has 0 saturated heterocycles. The maximum Gasteiger partial charge on any atom is 0.336 e. The van der Waals surface area contributed by atoms with Crippen molar-refractivity contribution in [2.45, 2.75) is 77.1 Å². The molecule has 1 saturated carbocycles. The number of rotatable bonds is 4. The molecule has 1 fully saturated rings. The van der Waals surface area contributed by atoms with Crippen LogP contribution in [-0.2, 0) is 4.43 Å². The SMILES string of the molecule is Cc1cc2c(cc1C(=O)O)[nH]c(=O)c1cnc([C@@H]3CCC[C@@H]3O[Si](C)(C)C(C)(C)C)n12. The second-order valence-corrected chi connectivity index (χ2v) is 15.0. The Morgan fingerprint density at radius 3 is 2.61 bits per heavy atom. The summed E-state index contributed by atoms with van der Waals surface area (Å²) < 4.78 is 8.69. The number of fused-ring (bicyclic) bond motifs is 3. The van der Waals surface area contributed by atoms with Crippen LogP contribution in [0.15, 0.2) is 23.1 Å². The monoisotopic (exact) mass is 441 g/mol. The molecule has 0 spiro atoms. The summed E-state index contributed by atoms with van der Waals surface area (Å²) in [6.07, 6.45) is 4.69. The Kier molecular flexibility index (Phi) is 5.13. The zero-order valence-electron chi connectivity index (χ0n) is 19.1. The smallest absolute Gasteiger partial charge is 0.336 e. The number of aromatic carboxylic acids is 1. The molecule has 0 radical (unpaired) electrons. The Morgan fingerprint density at radius 2 is 1.97 bits per heavy atom. The zero-order valence-corrected chi connectivity index (χ0v) is 20.1. The van der Waals surface area contributed by atoms with Crippen LogP contribution < -0.4 is 5.56 Å². The van der Waals surface area contributed by atoms with E-state index in [9.17, 15) is 14.7 Å². The largest absolute Gasteiger partial charge is 0.478 e. The molecule has 0 aliphatic heterocycles. The highest BCUT2D eigenvalue weighted by Gasteiger charge is 2.43. The third-order valence-corrected chi connectivity index (χ3v) is 11.6. The van der Waals surface area contributed by atoms with Gasteiger partial charge in [-0.05, 0) is 55.6 Å². The quantitative estimate of drug-likeness (QED) is 0.565. The van der Waals surface area contributed by atoms with Gasteiger partial charge in [-0.1, -0.05) is 27.2 Å². The minimum atomic E-state index is -1.96. The predicted molar refractivity (Wildman–Crippen MR) is 124 cm³/mol. The van der Waals surface area contributed by atoms with Crippen LogP contribution in [0.2, 0.25) is 18.1 Å². The number of carbonyl (C=O) groups is 1. The standard InChI is InChI=1S/C23H31N3O4Si/c1-13-10-17-16(11-15(13)22(28)29)25-21(27)18-12-24-20(26(17)18)14-8-7-9-19(14)30-31(5,6)23(2,3)4/h10-12,14,19H,7-9H2,1-6H3,(H,25,27)(H,28,29)/t14-,19+/m1/s1. The van der Waals surface area contributed by atoms with E-state index < -0.39 is 14.3 Å². The van der Waals surface area contributed by atoms with Crippen molar-refractivity contribution >= 4 is 30.8 Å². The van der Waals surface area contributed by atoms with E-state index in [0.29, 0.717) is 16.6 Å². The highest BCUT2D eigenvalue weighted by atomic mass is 28.4. The first-order valence-corrected chi connectivity index (χ1v) is 13.8. The third kappa shape index (κ3) is 3.61. The maximum absolute atomic E-state index is 12.7. The first-order chi connectivity index (χ1) is 14.4. The van der Waals surface area contributed by atoms with Crippen molar-refractivity contribution < 1.29 is 14.3 Å². The fraction of sp³-hybridized carbons (Fsp3) is 0.522. The van der Waals surface area contributed by atoms with Gasteiger partial charge in [0, 0.05) is 5.92 Å². The van der Waals surface area contributed by atoms with Crippen molar-refractivity contribution in [3.05, 3.63) is 45.6 Å². The van der Waals surface area contributed by atoms with Gasteiger partial charge in [0.05, 0.1) is 28.9 Å². The summed E-state index contributed by atoms with van der Waals surface area (Å²) in [4.78, 5) is 31.8. The molecule has 0 bridgehead atoms. The zero-order chi connectivity index (χ0) is 22.7. The van der Waals surface area contributed by atoms with Crippen molar-refractivity contribution in [2.75, 3.05) is 0 Å². The number of carboxylic acids is 1. The molecule has 1 aliphatic rings. The van der Waals surface area contributed by atoms with Crippen LogP contribution >= 0.6 is 0 Å². The highest BCUT2D eigenvalue weighted by molar-refractivity contribution is 6.74. The van der Waals surface area contributed by atoms with Crippen LogP contribution in [-0.4, -0.2) is 39.9 Å². The van der Waals surface area contributed by atoms with Gasteiger partial charge in [-0.2, -0.15) is 0 Å². The normalized spacial score (nSPS) is 20.1. The Morgan fingerprint density at radius 1 is 1.26 bits per heavy atom. The summed E-state index contributed by atoms with van der Waals surface area (Å²) in [5.74, 6) is -0.0827. The number of imidazole rings is 1. The van der Waals surface area contributed by atoms with E-state index in [1.54, 1.807) is 13.1 Å². The summed E-state index contributed by atoms with van der Waals surface area (Å²) in [5.41, 5.74) is 2.30. The number of aromatic amines is 1. The lowest BCUT2D eigenvalue weighted by molar-refractivity contribution is 0.0696. The third-order valence-electron chi connectivity index (χ3n) is 7.12. The molecule has 0 amide bonds. The lowest BCUT2D eigenvalue weighted by Gasteiger charge is -2.39. The molecule has 2 heterocycles. The van der Waals surface area contributed by atoms with Gasteiger partial charge < -0.3 is 14.5 Å². The van der Waals surface area contributed by atoms with Crippen LogP contribution in [0, 0.1) is 6.92 Å². The van der Waals surface area contributed by atoms with Crippen molar-refractivity contribution in [1.82, 2.24) is 14.4 Å². The highest BCUT2D eigenvalue weighted by Crippen LogP contribution is 2.43. The first-order valence-electron chi connectivity index (χ1n) is 10.9. The number of hydrogen-bond acceptors (Lipinski definition) is 4.